The molecular formula is C16H16N6O2. The SMILES string of the molecule is Cc1cc(C)n(Cc2ccc(C(=O)Nc3ccn(CC#N)n3)o2)n1. The van der Waals surface area contributed by atoms with E-state index in [0.717, 1.165) is 11.4 Å². The molecule has 0 saturated carbocycles. The molecule has 0 spiro atoms. The van der Waals surface area contributed by atoms with Crippen LogP contribution < -0.4 is 5.32 Å². The topological polar surface area (TPSA) is 102 Å². The molecule has 3 rings (SSSR count). The molecule has 1 amide bonds. The molecule has 8 heteroatoms. The van der Waals surface area contributed by atoms with Crippen LogP contribution in [0.15, 0.2) is 34.9 Å². The summed E-state index contributed by atoms with van der Waals surface area (Å²) in [6, 6.07) is 8.94. The lowest BCUT2D eigenvalue weighted by atomic mass is 10.4. The van der Waals surface area contributed by atoms with Crippen molar-refractivity contribution in [2.75, 3.05) is 5.32 Å². The van der Waals surface area contributed by atoms with E-state index in [1.165, 1.54) is 4.68 Å². The van der Waals surface area contributed by atoms with E-state index >= 15 is 0 Å². The van der Waals surface area contributed by atoms with Gasteiger partial charge in [-0.15, -0.1) is 0 Å². The fourth-order valence-corrected chi connectivity index (χ4v) is 2.33. The maximum Gasteiger partial charge on any atom is 0.292 e. The Morgan fingerprint density at radius 3 is 2.88 bits per heavy atom. The Morgan fingerprint density at radius 2 is 2.17 bits per heavy atom. The Kier molecular flexibility index (Phi) is 4.16. The van der Waals surface area contributed by atoms with Gasteiger partial charge in [0.15, 0.2) is 11.6 Å². The maximum absolute atomic E-state index is 12.2. The lowest BCUT2D eigenvalue weighted by Crippen LogP contribution is -2.12. The number of amides is 1. The molecule has 3 aromatic heterocycles. The quantitative estimate of drug-likeness (QED) is 0.774. The van der Waals surface area contributed by atoms with Crippen LogP contribution in [0.4, 0.5) is 5.82 Å². The second-order valence-corrected chi connectivity index (χ2v) is 5.36. The van der Waals surface area contributed by atoms with E-state index in [1.54, 1.807) is 24.4 Å². The summed E-state index contributed by atoms with van der Waals surface area (Å²) in [5.74, 6) is 0.811. The van der Waals surface area contributed by atoms with Crippen LogP contribution in [0.3, 0.4) is 0 Å². The Bertz CT molecular complexity index is 911. The van der Waals surface area contributed by atoms with E-state index in [9.17, 15) is 4.79 Å². The number of hydrogen-bond donors (Lipinski definition) is 1. The van der Waals surface area contributed by atoms with Gasteiger partial charge in [0.25, 0.3) is 5.91 Å². The zero-order valence-electron chi connectivity index (χ0n) is 13.4. The van der Waals surface area contributed by atoms with Crippen molar-refractivity contribution in [3.63, 3.8) is 0 Å². The van der Waals surface area contributed by atoms with Crippen molar-refractivity contribution >= 4 is 11.7 Å². The van der Waals surface area contributed by atoms with E-state index in [1.807, 2.05) is 30.7 Å². The van der Waals surface area contributed by atoms with Gasteiger partial charge in [0.1, 0.15) is 12.3 Å². The van der Waals surface area contributed by atoms with Crippen molar-refractivity contribution in [2.24, 2.45) is 0 Å². The van der Waals surface area contributed by atoms with Crippen LogP contribution >= 0.6 is 0 Å². The van der Waals surface area contributed by atoms with Gasteiger partial charge in [-0.2, -0.15) is 15.5 Å². The number of furan rings is 1. The number of carbonyl (C=O) groups is 1. The molecular weight excluding hydrogens is 308 g/mol. The van der Waals surface area contributed by atoms with E-state index in [-0.39, 0.29) is 12.3 Å². The summed E-state index contributed by atoms with van der Waals surface area (Å²) in [6.07, 6.45) is 1.62. The van der Waals surface area contributed by atoms with Crippen LogP contribution in [0.25, 0.3) is 0 Å². The molecule has 8 nitrogen and oxygen atoms in total. The molecule has 24 heavy (non-hydrogen) atoms. The average Bonchev–Trinajstić information content (AvgIpc) is 3.22. The lowest BCUT2D eigenvalue weighted by molar-refractivity contribution is 0.0994. The summed E-state index contributed by atoms with van der Waals surface area (Å²) in [7, 11) is 0. The molecule has 3 heterocycles. The standard InChI is InChI=1S/C16H16N6O2/c1-11-9-12(2)22(19-11)10-13-3-4-14(24-13)16(23)18-15-5-7-21(20-15)8-6-17/h3-5,7,9H,8,10H2,1-2H3,(H,18,20,23). The van der Waals surface area contributed by atoms with E-state index in [2.05, 4.69) is 15.5 Å². The second kappa shape index (κ2) is 6.42. The normalized spacial score (nSPS) is 10.5. The number of anilines is 1. The summed E-state index contributed by atoms with van der Waals surface area (Å²) >= 11 is 0. The van der Waals surface area contributed by atoms with Gasteiger partial charge in [0.2, 0.25) is 0 Å². The van der Waals surface area contributed by atoms with Gasteiger partial charge in [0, 0.05) is 18.0 Å². The van der Waals surface area contributed by atoms with Crippen LogP contribution in [-0.4, -0.2) is 25.5 Å². The molecule has 0 aliphatic heterocycles. The van der Waals surface area contributed by atoms with Crippen molar-refractivity contribution in [3.8, 4) is 6.07 Å². The molecule has 0 aromatic carbocycles. The zero-order valence-corrected chi connectivity index (χ0v) is 13.4. The summed E-state index contributed by atoms with van der Waals surface area (Å²) in [5.41, 5.74) is 1.96. The molecule has 0 saturated heterocycles. The first-order chi connectivity index (χ1) is 11.5. The highest BCUT2D eigenvalue weighted by atomic mass is 16.4. The monoisotopic (exact) mass is 324 g/mol. The molecule has 0 aliphatic rings. The molecule has 1 N–H and O–H groups in total. The third-order valence-corrected chi connectivity index (χ3v) is 3.41. The number of carbonyl (C=O) groups excluding carboxylic acids is 1. The number of aromatic nitrogens is 4. The first-order valence-corrected chi connectivity index (χ1v) is 7.36. The average molecular weight is 324 g/mol. The Morgan fingerprint density at radius 1 is 1.33 bits per heavy atom. The van der Waals surface area contributed by atoms with Gasteiger partial charge in [-0.1, -0.05) is 0 Å². The van der Waals surface area contributed by atoms with Crippen LogP contribution in [0.2, 0.25) is 0 Å². The highest BCUT2D eigenvalue weighted by molar-refractivity contribution is 6.01. The number of nitrogens with zero attached hydrogens (tertiary/aromatic N) is 5. The summed E-state index contributed by atoms with van der Waals surface area (Å²) in [5, 5.41) is 19.7. The second-order valence-electron chi connectivity index (χ2n) is 5.36. The molecule has 0 fully saturated rings. The van der Waals surface area contributed by atoms with Crippen molar-refractivity contribution in [3.05, 3.63) is 53.4 Å². The van der Waals surface area contributed by atoms with Crippen LogP contribution in [-0.2, 0) is 13.1 Å². The highest BCUT2D eigenvalue weighted by Crippen LogP contribution is 2.13. The predicted octanol–water partition coefficient (Wildman–Crippen LogP) is 2.11. The zero-order chi connectivity index (χ0) is 17.1. The van der Waals surface area contributed by atoms with E-state index in [4.69, 9.17) is 9.68 Å². The minimum absolute atomic E-state index is 0.128. The highest BCUT2D eigenvalue weighted by Gasteiger charge is 2.14. The first-order valence-electron chi connectivity index (χ1n) is 7.36. The maximum atomic E-state index is 12.2. The molecule has 3 aromatic rings. The van der Waals surface area contributed by atoms with Crippen molar-refractivity contribution < 1.29 is 9.21 Å². The van der Waals surface area contributed by atoms with E-state index in [0.29, 0.717) is 18.1 Å². The van der Waals surface area contributed by atoms with Crippen LogP contribution in [0.5, 0.6) is 0 Å². The van der Waals surface area contributed by atoms with Gasteiger partial charge in [-0.05, 0) is 32.0 Å². The number of hydrogen-bond acceptors (Lipinski definition) is 5. The predicted molar refractivity (Wildman–Crippen MR) is 85.3 cm³/mol. The number of nitriles is 1. The molecule has 0 atom stereocenters. The van der Waals surface area contributed by atoms with Crippen LogP contribution in [0.1, 0.15) is 27.7 Å². The lowest BCUT2D eigenvalue weighted by Gasteiger charge is -2.01. The van der Waals surface area contributed by atoms with Gasteiger partial charge in [-0.3, -0.25) is 14.2 Å². The van der Waals surface area contributed by atoms with Gasteiger partial charge >= 0.3 is 0 Å². The Hall–Kier alpha value is -3.34. The fraction of sp³-hybridized carbons (Fsp3) is 0.250. The number of rotatable bonds is 5. The molecule has 122 valence electrons. The minimum Gasteiger partial charge on any atom is -0.454 e. The van der Waals surface area contributed by atoms with Crippen molar-refractivity contribution in [1.82, 2.24) is 19.6 Å². The number of nitrogens with one attached hydrogen (secondary N) is 1. The van der Waals surface area contributed by atoms with E-state index < -0.39 is 5.91 Å². The summed E-state index contributed by atoms with van der Waals surface area (Å²) in [4.78, 5) is 12.2. The van der Waals surface area contributed by atoms with Gasteiger partial charge in [0.05, 0.1) is 18.3 Å². The minimum atomic E-state index is -0.392. The molecule has 0 aliphatic carbocycles. The summed E-state index contributed by atoms with van der Waals surface area (Å²) in [6.45, 7) is 4.48. The smallest absolute Gasteiger partial charge is 0.292 e. The third-order valence-electron chi connectivity index (χ3n) is 3.41. The molecule has 0 radical (unpaired) electrons. The van der Waals surface area contributed by atoms with Crippen molar-refractivity contribution in [2.45, 2.75) is 26.9 Å². The Balaban J connectivity index is 1.67. The van der Waals surface area contributed by atoms with Crippen molar-refractivity contribution in [1.29, 1.82) is 5.26 Å². The molecule has 0 bridgehead atoms. The first kappa shape index (κ1) is 15.6. The fourth-order valence-electron chi connectivity index (χ4n) is 2.33. The van der Waals surface area contributed by atoms with Crippen LogP contribution in [0, 0.1) is 25.2 Å². The van der Waals surface area contributed by atoms with Gasteiger partial charge < -0.3 is 9.73 Å². The number of aryl methyl sites for hydroxylation is 2. The Labute approximate surface area is 138 Å². The largest absolute Gasteiger partial charge is 0.454 e. The van der Waals surface area contributed by atoms with Gasteiger partial charge in [-0.25, -0.2) is 0 Å². The third kappa shape index (κ3) is 3.35. The molecule has 0 unspecified atom stereocenters. The summed E-state index contributed by atoms with van der Waals surface area (Å²) < 4.78 is 8.84.